The van der Waals surface area contributed by atoms with Crippen LogP contribution >= 0.6 is 0 Å². The fourth-order valence-corrected chi connectivity index (χ4v) is 1.82. The van der Waals surface area contributed by atoms with E-state index in [1.807, 2.05) is 0 Å². The summed E-state index contributed by atoms with van der Waals surface area (Å²) in [4.78, 5) is 33.8. The molecule has 1 unspecified atom stereocenters. The van der Waals surface area contributed by atoms with Crippen molar-refractivity contribution in [2.24, 2.45) is 0 Å². The number of aldehydes is 1. The summed E-state index contributed by atoms with van der Waals surface area (Å²) in [7, 11) is 0. The van der Waals surface area contributed by atoms with Crippen molar-refractivity contribution < 1.29 is 14.4 Å². The predicted molar refractivity (Wildman–Crippen MR) is 57.3 cm³/mol. The number of amides is 1. The predicted octanol–water partition coefficient (Wildman–Crippen LogP) is 0.960. The van der Waals surface area contributed by atoms with Crippen LogP contribution in [0.25, 0.3) is 0 Å². The minimum Gasteiger partial charge on any atom is -0.342 e. The Morgan fingerprint density at radius 3 is 2.56 bits per heavy atom. The number of nitrogens with one attached hydrogen (secondary N) is 1. The average molecular weight is 217 g/mol. The highest BCUT2D eigenvalue weighted by Crippen LogP contribution is 2.18. The van der Waals surface area contributed by atoms with Crippen molar-refractivity contribution in [2.45, 2.75) is 18.9 Å². The van der Waals surface area contributed by atoms with Gasteiger partial charge in [0.1, 0.15) is 6.29 Å². The number of hydrogen-bond donors (Lipinski definition) is 1. The molecule has 1 aromatic carbocycles. The van der Waals surface area contributed by atoms with Gasteiger partial charge in [0.05, 0.1) is 11.6 Å². The summed E-state index contributed by atoms with van der Waals surface area (Å²) in [5, 5.41) is 2.61. The van der Waals surface area contributed by atoms with E-state index in [1.54, 1.807) is 24.3 Å². The van der Waals surface area contributed by atoms with Crippen LogP contribution in [0.1, 0.15) is 33.6 Å². The molecule has 0 spiro atoms. The first-order valence-corrected chi connectivity index (χ1v) is 5.12. The minimum atomic E-state index is -0.562. The van der Waals surface area contributed by atoms with Crippen molar-refractivity contribution in [2.75, 3.05) is 0 Å². The first-order valence-electron chi connectivity index (χ1n) is 5.12. The third-order valence-electron chi connectivity index (χ3n) is 2.63. The second-order valence-corrected chi connectivity index (χ2v) is 3.68. The maximum atomic E-state index is 11.9. The third-order valence-corrected chi connectivity index (χ3v) is 2.63. The highest BCUT2D eigenvalue weighted by atomic mass is 16.2. The fraction of sp³-hybridized carbons (Fsp3) is 0.250. The second kappa shape index (κ2) is 4.26. The number of fused-ring (bicyclic) bond motifs is 1. The smallest absolute Gasteiger partial charge is 0.252 e. The fourth-order valence-electron chi connectivity index (χ4n) is 1.82. The molecule has 4 nitrogen and oxygen atoms in total. The second-order valence-electron chi connectivity index (χ2n) is 3.68. The van der Waals surface area contributed by atoms with E-state index in [9.17, 15) is 14.4 Å². The van der Waals surface area contributed by atoms with Crippen molar-refractivity contribution in [1.29, 1.82) is 0 Å². The maximum absolute atomic E-state index is 11.9. The van der Waals surface area contributed by atoms with Crippen molar-refractivity contribution in [3.63, 3.8) is 0 Å². The summed E-state index contributed by atoms with van der Waals surface area (Å²) >= 11 is 0. The van der Waals surface area contributed by atoms with Gasteiger partial charge in [0.25, 0.3) is 5.91 Å². The molecule has 1 aliphatic heterocycles. The molecule has 1 N–H and O–H groups in total. The Kier molecular flexibility index (Phi) is 2.81. The Morgan fingerprint density at radius 2 is 1.88 bits per heavy atom. The largest absolute Gasteiger partial charge is 0.342 e. The van der Waals surface area contributed by atoms with Gasteiger partial charge in [0.2, 0.25) is 0 Å². The van der Waals surface area contributed by atoms with Crippen LogP contribution in [0.4, 0.5) is 0 Å². The molecule has 1 aliphatic rings. The monoisotopic (exact) mass is 217 g/mol. The van der Waals surface area contributed by atoms with Gasteiger partial charge >= 0.3 is 0 Å². The molecule has 0 aromatic heterocycles. The van der Waals surface area contributed by atoms with Crippen LogP contribution in [0, 0.1) is 0 Å². The van der Waals surface area contributed by atoms with Crippen LogP contribution in [0.3, 0.4) is 0 Å². The van der Waals surface area contributed by atoms with E-state index in [4.69, 9.17) is 0 Å². The van der Waals surface area contributed by atoms with Gasteiger partial charge in [-0.3, -0.25) is 9.59 Å². The molecule has 0 aliphatic carbocycles. The van der Waals surface area contributed by atoms with Crippen LogP contribution < -0.4 is 5.32 Å². The molecule has 1 amide bonds. The summed E-state index contributed by atoms with van der Waals surface area (Å²) in [5.74, 6) is -0.358. The minimum absolute atomic E-state index is 0.114. The molecule has 0 bridgehead atoms. The summed E-state index contributed by atoms with van der Waals surface area (Å²) in [6, 6.07) is 6.15. The van der Waals surface area contributed by atoms with Gasteiger partial charge in [-0.2, -0.15) is 0 Å². The Morgan fingerprint density at radius 1 is 1.19 bits per heavy atom. The van der Waals surface area contributed by atoms with Crippen molar-refractivity contribution in [1.82, 2.24) is 5.32 Å². The van der Waals surface area contributed by atoms with E-state index in [1.165, 1.54) is 0 Å². The number of carbonyl (C=O) groups is 3. The number of Topliss-reactive ketones (excluding diaryl/α,β-unsaturated/α-hetero) is 1. The zero-order chi connectivity index (χ0) is 11.5. The number of carbonyl (C=O) groups excluding carboxylic acids is 3. The Labute approximate surface area is 92.6 Å². The highest BCUT2D eigenvalue weighted by Gasteiger charge is 2.30. The molecule has 4 heteroatoms. The van der Waals surface area contributed by atoms with E-state index in [2.05, 4.69) is 5.32 Å². The van der Waals surface area contributed by atoms with Gasteiger partial charge < -0.3 is 10.1 Å². The molecule has 0 fully saturated rings. The number of benzene rings is 1. The third kappa shape index (κ3) is 1.74. The van der Waals surface area contributed by atoms with Gasteiger partial charge in [0, 0.05) is 12.0 Å². The van der Waals surface area contributed by atoms with Crippen LogP contribution in [0.15, 0.2) is 24.3 Å². The molecule has 82 valence electrons. The average Bonchev–Trinajstić information content (AvgIpc) is 2.32. The van der Waals surface area contributed by atoms with Crippen molar-refractivity contribution in [3.05, 3.63) is 35.4 Å². The lowest BCUT2D eigenvalue weighted by atomic mass is 9.92. The summed E-state index contributed by atoms with van der Waals surface area (Å²) in [6.07, 6.45) is 1.39. The van der Waals surface area contributed by atoms with Crippen LogP contribution in [0.5, 0.6) is 0 Å². The van der Waals surface area contributed by atoms with Crippen LogP contribution in [0.2, 0.25) is 0 Å². The van der Waals surface area contributed by atoms with Gasteiger partial charge in [-0.1, -0.05) is 18.2 Å². The highest BCUT2D eigenvalue weighted by molar-refractivity contribution is 6.15. The number of hydrogen-bond acceptors (Lipinski definition) is 3. The van der Waals surface area contributed by atoms with Crippen molar-refractivity contribution >= 4 is 18.0 Å². The van der Waals surface area contributed by atoms with Gasteiger partial charge in [0.15, 0.2) is 5.78 Å². The van der Waals surface area contributed by atoms with E-state index in [-0.39, 0.29) is 18.1 Å². The Balaban J connectivity index is 2.30. The lowest BCUT2D eigenvalue weighted by Gasteiger charge is -2.23. The molecule has 0 radical (unpaired) electrons. The van der Waals surface area contributed by atoms with E-state index in [0.29, 0.717) is 17.5 Å². The standard InChI is InChI=1S/C12H11NO3/c14-7-3-6-10-11(15)8-4-1-2-5-9(8)12(16)13-10/h1-2,4-5,7,10H,3,6H2,(H,13,16). The van der Waals surface area contributed by atoms with Crippen LogP contribution in [-0.2, 0) is 4.79 Å². The summed E-state index contributed by atoms with van der Waals surface area (Å²) in [5.41, 5.74) is 0.858. The zero-order valence-corrected chi connectivity index (χ0v) is 8.60. The normalized spacial score (nSPS) is 18.9. The van der Waals surface area contributed by atoms with Crippen LogP contribution in [-0.4, -0.2) is 24.0 Å². The molecule has 1 heterocycles. The molecule has 2 rings (SSSR count). The molecule has 16 heavy (non-hydrogen) atoms. The Hall–Kier alpha value is -1.97. The SMILES string of the molecule is O=CCCC1NC(=O)c2ccccc2C1=O. The van der Waals surface area contributed by atoms with E-state index >= 15 is 0 Å². The number of ketones is 1. The Bertz CT molecular complexity index is 453. The maximum Gasteiger partial charge on any atom is 0.252 e. The van der Waals surface area contributed by atoms with E-state index in [0.717, 1.165) is 6.29 Å². The molecule has 1 atom stereocenters. The number of rotatable bonds is 3. The summed E-state index contributed by atoms with van der Waals surface area (Å²) in [6.45, 7) is 0. The quantitative estimate of drug-likeness (QED) is 0.767. The first kappa shape index (κ1) is 10.5. The van der Waals surface area contributed by atoms with Gasteiger partial charge in [-0.15, -0.1) is 0 Å². The molecular formula is C12H11NO3. The first-order chi connectivity index (χ1) is 7.74. The van der Waals surface area contributed by atoms with Crippen molar-refractivity contribution in [3.8, 4) is 0 Å². The lowest BCUT2D eigenvalue weighted by Crippen LogP contribution is -2.46. The summed E-state index contributed by atoms with van der Waals surface area (Å²) < 4.78 is 0. The van der Waals surface area contributed by atoms with E-state index < -0.39 is 6.04 Å². The molecule has 0 saturated carbocycles. The zero-order valence-electron chi connectivity index (χ0n) is 8.60. The molecular weight excluding hydrogens is 206 g/mol. The lowest BCUT2D eigenvalue weighted by molar-refractivity contribution is -0.108. The molecule has 1 aromatic rings. The molecule has 0 saturated heterocycles. The van der Waals surface area contributed by atoms with Gasteiger partial charge in [-0.05, 0) is 12.5 Å². The van der Waals surface area contributed by atoms with Gasteiger partial charge in [-0.25, -0.2) is 0 Å². The topological polar surface area (TPSA) is 63.2 Å².